The Hall–Kier alpha value is -2.75. The lowest BCUT2D eigenvalue weighted by Gasteiger charge is -2.32. The number of para-hydroxylation sites is 1. The quantitative estimate of drug-likeness (QED) is 0.570. The van der Waals surface area contributed by atoms with Crippen molar-refractivity contribution in [3.8, 4) is 5.75 Å². The molecule has 1 aliphatic rings. The van der Waals surface area contributed by atoms with Crippen LogP contribution < -0.4 is 4.74 Å². The summed E-state index contributed by atoms with van der Waals surface area (Å²) in [7, 11) is 0. The number of rotatable bonds is 5. The highest BCUT2D eigenvalue weighted by molar-refractivity contribution is 5.75. The molecular weight excluding hydrogens is 442 g/mol. The molecule has 2 aromatic rings. The normalized spacial score (nSPS) is 26.2. The van der Waals surface area contributed by atoms with Crippen LogP contribution in [-0.4, -0.2) is 29.0 Å². The molecule has 1 heterocycles. The van der Waals surface area contributed by atoms with Crippen LogP contribution in [0.25, 0.3) is 0 Å². The molecule has 32 heavy (non-hydrogen) atoms. The molecule has 0 unspecified atom stereocenters. The van der Waals surface area contributed by atoms with Crippen LogP contribution in [0, 0.1) is 5.92 Å². The first kappa shape index (κ1) is 23.9. The van der Waals surface area contributed by atoms with Crippen molar-refractivity contribution in [3.05, 3.63) is 65.2 Å². The minimum Gasteiger partial charge on any atom is -0.488 e. The summed E-state index contributed by atoms with van der Waals surface area (Å²) in [4.78, 5) is 11.8. The molecule has 4 atom stereocenters. The fraction of sp³-hybridized carbons (Fsp3) is 0.409. The molecule has 0 radical (unpaired) electrons. The standard InChI is InChI=1S/C22H20F6O4/c1-12-16(18(19(29)30)32-20(12,2)22(26,27)28)14-9-6-10-15(21(23,24)25)17(14)31-11-13-7-4-3-5-8-13/h3-10,12,16,18H,11H2,1-2H3,(H,29,30)/t12-,16-,18+,20+/m0/s1. The van der Waals surface area contributed by atoms with E-state index in [-0.39, 0.29) is 12.2 Å². The van der Waals surface area contributed by atoms with Gasteiger partial charge in [-0.2, -0.15) is 26.3 Å². The molecular formula is C22H20F6O4. The first-order valence-electron chi connectivity index (χ1n) is 9.61. The number of carbonyl (C=O) groups is 1. The summed E-state index contributed by atoms with van der Waals surface area (Å²) in [6.45, 7) is 1.52. The van der Waals surface area contributed by atoms with Gasteiger partial charge in [-0.25, -0.2) is 4.79 Å². The first-order chi connectivity index (χ1) is 14.8. The minimum absolute atomic E-state index is 0.294. The number of alkyl halides is 6. The third kappa shape index (κ3) is 4.28. The lowest BCUT2D eigenvalue weighted by Crippen LogP contribution is -2.47. The van der Waals surface area contributed by atoms with Crippen LogP contribution in [0.2, 0.25) is 0 Å². The van der Waals surface area contributed by atoms with E-state index >= 15 is 0 Å². The third-order valence-corrected chi connectivity index (χ3v) is 5.85. The average Bonchev–Trinajstić information content (AvgIpc) is 2.98. The molecule has 10 heteroatoms. The van der Waals surface area contributed by atoms with Crippen LogP contribution in [0.15, 0.2) is 48.5 Å². The molecule has 0 aliphatic carbocycles. The van der Waals surface area contributed by atoms with Gasteiger partial charge in [0.15, 0.2) is 11.7 Å². The van der Waals surface area contributed by atoms with E-state index in [4.69, 9.17) is 9.47 Å². The second kappa shape index (κ2) is 8.31. The molecule has 0 amide bonds. The zero-order valence-corrected chi connectivity index (χ0v) is 17.0. The Balaban J connectivity index is 2.13. The fourth-order valence-electron chi connectivity index (χ4n) is 3.94. The van der Waals surface area contributed by atoms with E-state index in [1.807, 2.05) is 0 Å². The number of hydrogen-bond donors (Lipinski definition) is 1. The summed E-state index contributed by atoms with van der Waals surface area (Å²) in [5, 5.41) is 9.53. The molecule has 1 N–H and O–H groups in total. The first-order valence-corrected chi connectivity index (χ1v) is 9.61. The Morgan fingerprint density at radius 1 is 1.06 bits per heavy atom. The lowest BCUT2D eigenvalue weighted by molar-refractivity contribution is -0.273. The maximum atomic E-state index is 13.7. The summed E-state index contributed by atoms with van der Waals surface area (Å²) in [5.41, 5.74) is -3.85. The second-order valence-corrected chi connectivity index (χ2v) is 7.79. The predicted molar refractivity (Wildman–Crippen MR) is 101 cm³/mol. The van der Waals surface area contributed by atoms with E-state index in [0.29, 0.717) is 12.5 Å². The number of benzene rings is 2. The minimum atomic E-state index is -4.94. The van der Waals surface area contributed by atoms with Gasteiger partial charge >= 0.3 is 18.3 Å². The van der Waals surface area contributed by atoms with Crippen molar-refractivity contribution in [2.75, 3.05) is 0 Å². The summed E-state index contributed by atoms with van der Waals surface area (Å²) < 4.78 is 92.8. The largest absolute Gasteiger partial charge is 0.488 e. The van der Waals surface area contributed by atoms with Crippen LogP contribution in [0.5, 0.6) is 5.75 Å². The Morgan fingerprint density at radius 3 is 2.22 bits per heavy atom. The van der Waals surface area contributed by atoms with Crippen molar-refractivity contribution >= 4 is 5.97 Å². The molecule has 174 valence electrons. The Bertz CT molecular complexity index is 973. The average molecular weight is 462 g/mol. The van der Waals surface area contributed by atoms with E-state index < -0.39 is 53.2 Å². The third-order valence-electron chi connectivity index (χ3n) is 5.85. The number of halogens is 6. The number of ether oxygens (including phenoxy) is 2. The van der Waals surface area contributed by atoms with Gasteiger partial charge in [0, 0.05) is 17.4 Å². The molecule has 0 spiro atoms. The molecule has 4 nitrogen and oxygen atoms in total. The van der Waals surface area contributed by atoms with Gasteiger partial charge in [-0.05, 0) is 18.6 Å². The van der Waals surface area contributed by atoms with Gasteiger partial charge in [-0.3, -0.25) is 0 Å². The van der Waals surface area contributed by atoms with E-state index in [0.717, 1.165) is 25.1 Å². The molecule has 1 fully saturated rings. The van der Waals surface area contributed by atoms with Crippen molar-refractivity contribution in [3.63, 3.8) is 0 Å². The lowest BCUT2D eigenvalue weighted by atomic mass is 9.76. The van der Waals surface area contributed by atoms with Crippen molar-refractivity contribution in [1.29, 1.82) is 0 Å². The summed E-state index contributed by atoms with van der Waals surface area (Å²) in [6.07, 6.45) is -11.8. The molecule has 0 bridgehead atoms. The fourth-order valence-corrected chi connectivity index (χ4v) is 3.94. The van der Waals surface area contributed by atoms with Gasteiger partial charge in [-0.15, -0.1) is 0 Å². The number of carboxylic acids is 1. The highest BCUT2D eigenvalue weighted by Gasteiger charge is 2.66. The van der Waals surface area contributed by atoms with Crippen LogP contribution in [-0.2, 0) is 22.3 Å². The van der Waals surface area contributed by atoms with Crippen molar-refractivity contribution in [2.45, 2.75) is 50.4 Å². The van der Waals surface area contributed by atoms with Gasteiger partial charge in [-0.1, -0.05) is 49.4 Å². The molecule has 0 aromatic heterocycles. The van der Waals surface area contributed by atoms with Crippen molar-refractivity contribution in [1.82, 2.24) is 0 Å². The van der Waals surface area contributed by atoms with Gasteiger partial charge in [0.05, 0.1) is 5.56 Å². The van der Waals surface area contributed by atoms with Gasteiger partial charge in [0.2, 0.25) is 0 Å². The predicted octanol–water partition coefficient (Wildman–Crippen LogP) is 5.81. The SMILES string of the molecule is C[C@H]1[C@@H](c2cccc(C(F)(F)F)c2OCc2ccccc2)[C@H](C(=O)O)O[C@@]1(C)C(F)(F)F. The Morgan fingerprint density at radius 2 is 1.69 bits per heavy atom. The van der Waals surface area contributed by atoms with Gasteiger partial charge in [0.1, 0.15) is 12.4 Å². The monoisotopic (exact) mass is 462 g/mol. The smallest absolute Gasteiger partial charge is 0.419 e. The van der Waals surface area contributed by atoms with Crippen LogP contribution in [0.3, 0.4) is 0 Å². The Labute approximate surface area is 179 Å². The van der Waals surface area contributed by atoms with Crippen molar-refractivity contribution < 1.29 is 45.7 Å². The Kier molecular flexibility index (Phi) is 6.21. The van der Waals surface area contributed by atoms with Gasteiger partial charge in [0.25, 0.3) is 0 Å². The highest BCUT2D eigenvalue weighted by Crippen LogP contribution is 2.55. The summed E-state index contributed by atoms with van der Waals surface area (Å²) in [5.74, 6) is -5.46. The number of aliphatic carboxylic acids is 1. The van der Waals surface area contributed by atoms with Crippen LogP contribution >= 0.6 is 0 Å². The maximum Gasteiger partial charge on any atom is 0.419 e. The van der Waals surface area contributed by atoms with E-state index in [9.17, 15) is 36.2 Å². The topological polar surface area (TPSA) is 55.8 Å². The van der Waals surface area contributed by atoms with E-state index in [1.165, 1.54) is 0 Å². The summed E-state index contributed by atoms with van der Waals surface area (Å²) >= 11 is 0. The maximum absolute atomic E-state index is 13.7. The number of carboxylic acid groups (broad SMARTS) is 1. The second-order valence-electron chi connectivity index (χ2n) is 7.79. The molecule has 1 saturated heterocycles. The zero-order chi connectivity index (χ0) is 23.9. The van der Waals surface area contributed by atoms with E-state index in [1.54, 1.807) is 30.3 Å². The zero-order valence-electron chi connectivity index (χ0n) is 17.0. The van der Waals surface area contributed by atoms with E-state index in [2.05, 4.69) is 0 Å². The van der Waals surface area contributed by atoms with Crippen LogP contribution in [0.4, 0.5) is 26.3 Å². The van der Waals surface area contributed by atoms with Gasteiger partial charge < -0.3 is 14.6 Å². The van der Waals surface area contributed by atoms with Crippen LogP contribution in [0.1, 0.15) is 36.5 Å². The molecule has 2 aromatic carbocycles. The molecule has 3 rings (SSSR count). The highest BCUT2D eigenvalue weighted by atomic mass is 19.4. The van der Waals surface area contributed by atoms with Crippen molar-refractivity contribution in [2.24, 2.45) is 5.92 Å². The molecule has 0 saturated carbocycles. The number of hydrogen-bond acceptors (Lipinski definition) is 3. The summed E-state index contributed by atoms with van der Waals surface area (Å²) in [6, 6.07) is 11.1. The molecule has 1 aliphatic heterocycles.